The molecule has 5 heteroatoms. The summed E-state index contributed by atoms with van der Waals surface area (Å²) >= 11 is 0. The first-order valence-corrected chi connectivity index (χ1v) is 8.24. The van der Waals surface area contributed by atoms with Crippen molar-refractivity contribution in [3.63, 3.8) is 0 Å². The van der Waals surface area contributed by atoms with E-state index in [1.807, 2.05) is 25.1 Å². The predicted molar refractivity (Wildman–Crippen MR) is 96.7 cm³/mol. The maximum Gasteiger partial charge on any atom is 0.248 e. The van der Waals surface area contributed by atoms with Crippen molar-refractivity contribution in [2.45, 2.75) is 19.8 Å². The quantitative estimate of drug-likeness (QED) is 0.747. The van der Waals surface area contributed by atoms with E-state index in [1.54, 1.807) is 24.4 Å². The molecule has 0 radical (unpaired) electrons. The van der Waals surface area contributed by atoms with Gasteiger partial charge < -0.3 is 5.73 Å². The van der Waals surface area contributed by atoms with Gasteiger partial charge in [-0.15, -0.1) is 0 Å². The molecule has 132 valence electrons. The molecular weight excluding hydrogens is 334 g/mol. The standard InChI is InChI=1S/C21H18F2N2O/c1-13-11-16(7-8-17(13)21(24)26)19-12-14(9-10-25-19)5-6-15-3-2-4-18(22)20(15)23/h2-4,7-12H,5-6H2,1H3,(H2,24,26). The Morgan fingerprint density at radius 3 is 2.62 bits per heavy atom. The van der Waals surface area contributed by atoms with E-state index in [9.17, 15) is 13.6 Å². The molecule has 0 atom stereocenters. The highest BCUT2D eigenvalue weighted by molar-refractivity contribution is 5.94. The van der Waals surface area contributed by atoms with Crippen molar-refractivity contribution in [3.8, 4) is 11.3 Å². The number of aromatic nitrogens is 1. The summed E-state index contributed by atoms with van der Waals surface area (Å²) in [4.78, 5) is 15.7. The van der Waals surface area contributed by atoms with E-state index in [2.05, 4.69) is 4.98 Å². The average Bonchev–Trinajstić information content (AvgIpc) is 2.63. The SMILES string of the molecule is Cc1cc(-c2cc(CCc3cccc(F)c3F)ccn2)ccc1C(N)=O. The molecule has 0 bridgehead atoms. The van der Waals surface area contributed by atoms with Crippen molar-refractivity contribution >= 4 is 5.91 Å². The molecule has 2 N–H and O–H groups in total. The second-order valence-corrected chi connectivity index (χ2v) is 6.16. The maximum atomic E-state index is 13.8. The van der Waals surface area contributed by atoms with Crippen molar-refractivity contribution in [3.05, 3.63) is 88.6 Å². The Kier molecular flexibility index (Phi) is 5.07. The number of hydrogen-bond donors (Lipinski definition) is 1. The van der Waals surface area contributed by atoms with Gasteiger partial charge in [0, 0.05) is 17.3 Å². The first-order valence-electron chi connectivity index (χ1n) is 8.24. The van der Waals surface area contributed by atoms with Gasteiger partial charge in [0.1, 0.15) is 0 Å². The van der Waals surface area contributed by atoms with Gasteiger partial charge in [-0.25, -0.2) is 8.78 Å². The van der Waals surface area contributed by atoms with Gasteiger partial charge in [-0.3, -0.25) is 9.78 Å². The van der Waals surface area contributed by atoms with Crippen molar-refractivity contribution < 1.29 is 13.6 Å². The Morgan fingerprint density at radius 2 is 1.88 bits per heavy atom. The highest BCUT2D eigenvalue weighted by atomic mass is 19.2. The van der Waals surface area contributed by atoms with Gasteiger partial charge in [0.25, 0.3) is 0 Å². The minimum absolute atomic E-state index is 0.352. The number of benzene rings is 2. The van der Waals surface area contributed by atoms with E-state index >= 15 is 0 Å². The van der Waals surface area contributed by atoms with Crippen LogP contribution in [0.3, 0.4) is 0 Å². The van der Waals surface area contributed by atoms with Gasteiger partial charge >= 0.3 is 0 Å². The number of nitrogens with zero attached hydrogens (tertiary/aromatic N) is 1. The first-order chi connectivity index (χ1) is 12.5. The largest absolute Gasteiger partial charge is 0.366 e. The van der Waals surface area contributed by atoms with E-state index in [4.69, 9.17) is 5.73 Å². The molecule has 0 aliphatic carbocycles. The smallest absolute Gasteiger partial charge is 0.248 e. The Bertz CT molecular complexity index is 970. The third-order valence-corrected chi connectivity index (χ3v) is 4.33. The predicted octanol–water partition coefficient (Wildman–Crippen LogP) is 4.22. The number of rotatable bonds is 5. The van der Waals surface area contributed by atoms with Crippen LogP contribution >= 0.6 is 0 Å². The van der Waals surface area contributed by atoms with Crippen LogP contribution in [0, 0.1) is 18.6 Å². The lowest BCUT2D eigenvalue weighted by molar-refractivity contribution is 0.0999. The highest BCUT2D eigenvalue weighted by Gasteiger charge is 2.10. The number of halogens is 2. The highest BCUT2D eigenvalue weighted by Crippen LogP contribution is 2.22. The van der Waals surface area contributed by atoms with Crippen molar-refractivity contribution in [2.75, 3.05) is 0 Å². The fourth-order valence-corrected chi connectivity index (χ4v) is 2.91. The van der Waals surface area contributed by atoms with Crippen LogP contribution in [0.1, 0.15) is 27.0 Å². The topological polar surface area (TPSA) is 56.0 Å². The van der Waals surface area contributed by atoms with Crippen molar-refractivity contribution in [1.29, 1.82) is 0 Å². The molecule has 1 amide bonds. The zero-order valence-corrected chi connectivity index (χ0v) is 14.3. The van der Waals surface area contributed by atoms with E-state index in [0.717, 1.165) is 28.5 Å². The van der Waals surface area contributed by atoms with Crippen LogP contribution in [-0.2, 0) is 12.8 Å². The molecule has 2 aromatic carbocycles. The van der Waals surface area contributed by atoms with Gasteiger partial charge in [0.2, 0.25) is 5.91 Å². The van der Waals surface area contributed by atoms with Gasteiger partial charge in [0.15, 0.2) is 11.6 Å². The monoisotopic (exact) mass is 352 g/mol. The van der Waals surface area contributed by atoms with Crippen molar-refractivity contribution in [1.82, 2.24) is 4.98 Å². The Morgan fingerprint density at radius 1 is 1.08 bits per heavy atom. The number of primary amides is 1. The van der Waals surface area contributed by atoms with Crippen LogP contribution in [0.4, 0.5) is 8.78 Å². The summed E-state index contributed by atoms with van der Waals surface area (Å²) in [6, 6.07) is 13.3. The summed E-state index contributed by atoms with van der Waals surface area (Å²) in [6.45, 7) is 1.82. The Labute approximate surface area is 150 Å². The number of carbonyl (C=O) groups is 1. The molecule has 0 spiro atoms. The molecule has 0 aliphatic rings. The van der Waals surface area contributed by atoms with E-state index in [-0.39, 0.29) is 0 Å². The molecule has 0 saturated carbocycles. The average molecular weight is 352 g/mol. The number of aryl methyl sites for hydroxylation is 3. The molecule has 26 heavy (non-hydrogen) atoms. The summed E-state index contributed by atoms with van der Waals surface area (Å²) in [5, 5.41) is 0. The molecule has 0 saturated heterocycles. The molecule has 3 rings (SSSR count). The lowest BCUT2D eigenvalue weighted by Crippen LogP contribution is -2.12. The summed E-state index contributed by atoms with van der Waals surface area (Å²) in [5.74, 6) is -2.09. The molecule has 0 aliphatic heterocycles. The molecule has 3 aromatic rings. The molecule has 1 aromatic heterocycles. The first kappa shape index (κ1) is 17.7. The molecule has 0 fully saturated rings. The number of hydrogen-bond acceptors (Lipinski definition) is 2. The van der Waals surface area contributed by atoms with Crippen LogP contribution in [0.2, 0.25) is 0 Å². The fraction of sp³-hybridized carbons (Fsp3) is 0.143. The van der Waals surface area contributed by atoms with Crippen LogP contribution < -0.4 is 5.73 Å². The number of nitrogens with two attached hydrogens (primary N) is 1. The third-order valence-electron chi connectivity index (χ3n) is 4.33. The zero-order valence-electron chi connectivity index (χ0n) is 14.3. The van der Waals surface area contributed by atoms with Crippen molar-refractivity contribution in [2.24, 2.45) is 5.73 Å². The summed E-state index contributed by atoms with van der Waals surface area (Å²) in [5.41, 5.74) is 9.53. The molecular formula is C21H18F2N2O. The summed E-state index contributed by atoms with van der Waals surface area (Å²) < 4.78 is 27.1. The summed E-state index contributed by atoms with van der Waals surface area (Å²) in [7, 11) is 0. The molecule has 3 nitrogen and oxygen atoms in total. The van der Waals surface area contributed by atoms with E-state index in [1.165, 1.54) is 6.07 Å². The Hall–Kier alpha value is -3.08. The minimum atomic E-state index is -0.831. The summed E-state index contributed by atoms with van der Waals surface area (Å²) in [6.07, 6.45) is 2.64. The van der Waals surface area contributed by atoms with Crippen LogP contribution in [0.5, 0.6) is 0 Å². The van der Waals surface area contributed by atoms with Crippen LogP contribution in [0.25, 0.3) is 11.3 Å². The van der Waals surface area contributed by atoms with Gasteiger partial charge in [0.05, 0.1) is 5.69 Å². The normalized spacial score (nSPS) is 10.7. The molecule has 1 heterocycles. The number of amides is 1. The fourth-order valence-electron chi connectivity index (χ4n) is 2.91. The van der Waals surface area contributed by atoms with Gasteiger partial charge in [-0.05, 0) is 66.8 Å². The third kappa shape index (κ3) is 3.77. The van der Waals surface area contributed by atoms with E-state index < -0.39 is 17.5 Å². The van der Waals surface area contributed by atoms with Gasteiger partial charge in [-0.1, -0.05) is 18.2 Å². The van der Waals surface area contributed by atoms with E-state index in [0.29, 0.717) is 24.0 Å². The number of pyridine rings is 1. The van der Waals surface area contributed by atoms with Crippen LogP contribution in [0.15, 0.2) is 54.7 Å². The maximum absolute atomic E-state index is 13.8. The lowest BCUT2D eigenvalue weighted by atomic mass is 10.00. The lowest BCUT2D eigenvalue weighted by Gasteiger charge is -2.08. The van der Waals surface area contributed by atoms with Gasteiger partial charge in [-0.2, -0.15) is 0 Å². The second kappa shape index (κ2) is 7.44. The second-order valence-electron chi connectivity index (χ2n) is 6.16. The minimum Gasteiger partial charge on any atom is -0.366 e. The zero-order chi connectivity index (χ0) is 18.7. The Balaban J connectivity index is 1.81. The van der Waals surface area contributed by atoms with Crippen LogP contribution in [-0.4, -0.2) is 10.9 Å². The number of carbonyl (C=O) groups excluding carboxylic acids is 1. The molecule has 0 unspecified atom stereocenters.